The number of aliphatic hydroxyl groups excluding tert-OH is 1. The number of unbranched alkanes of at least 4 members (excludes halogenated alkanes) is 1. The van der Waals surface area contributed by atoms with Crippen molar-refractivity contribution in [3.05, 3.63) is 70.3 Å². The Morgan fingerprint density at radius 3 is 2.56 bits per heavy atom. The lowest BCUT2D eigenvalue weighted by Crippen LogP contribution is -2.44. The summed E-state index contributed by atoms with van der Waals surface area (Å²) in [4.78, 5) is 25.3. The van der Waals surface area contributed by atoms with Crippen molar-refractivity contribution in [2.75, 3.05) is 59.4 Å². The molecule has 2 aliphatic rings. The Morgan fingerprint density at radius 2 is 1.98 bits per heavy atom. The average molecular weight is 733 g/mol. The number of rotatable bonds is 16. The van der Waals surface area contributed by atoms with Gasteiger partial charge in [-0.2, -0.15) is 0 Å². The molecule has 10 nitrogen and oxygen atoms in total. The molecule has 1 aliphatic carbocycles. The summed E-state index contributed by atoms with van der Waals surface area (Å²) in [5.41, 5.74) is 4.58. The van der Waals surface area contributed by atoms with Crippen LogP contribution >= 0.6 is 11.6 Å². The second-order valence-electron chi connectivity index (χ2n) is 13.4. The zero-order valence-corrected chi connectivity index (χ0v) is 32.3. The van der Waals surface area contributed by atoms with Crippen molar-refractivity contribution in [2.24, 2.45) is 11.8 Å². The van der Waals surface area contributed by atoms with Crippen molar-refractivity contribution >= 4 is 40.8 Å². The molecule has 6 unspecified atom stereocenters. The molecule has 6 atom stereocenters. The number of ether oxygens (including phenoxy) is 2. The first-order valence-corrected chi connectivity index (χ1v) is 19.1. The minimum atomic E-state index is -1.36. The summed E-state index contributed by atoms with van der Waals surface area (Å²) in [6.07, 6.45) is 10.6. The fraction of sp³-hybridized carbons (Fsp3) is 0.579. The second kappa shape index (κ2) is 20.8. The third-order valence-corrected chi connectivity index (χ3v) is 10.8. The van der Waals surface area contributed by atoms with Gasteiger partial charge in [-0.25, -0.2) is 8.51 Å². The molecule has 2 aromatic carbocycles. The minimum absolute atomic E-state index is 0.0732. The number of nitrogens with zero attached hydrogens (tertiary/aromatic N) is 3. The summed E-state index contributed by atoms with van der Waals surface area (Å²) in [6, 6.07) is 12.4. The summed E-state index contributed by atoms with van der Waals surface area (Å²) in [6.45, 7) is 8.75. The number of nitrogens with one attached hydrogen (secondary N) is 1. The monoisotopic (exact) mass is 732 g/mol. The number of halogens is 1. The molecule has 278 valence electrons. The Balaban J connectivity index is 0.000000753. The molecule has 50 heavy (non-hydrogen) atoms. The molecule has 0 aromatic heterocycles. The summed E-state index contributed by atoms with van der Waals surface area (Å²) in [5.74, 6) is 2.12. The predicted molar refractivity (Wildman–Crippen MR) is 203 cm³/mol. The number of amides is 2. The maximum atomic E-state index is 11.5. The molecule has 2 amide bonds. The van der Waals surface area contributed by atoms with Crippen LogP contribution in [0.25, 0.3) is 0 Å². The van der Waals surface area contributed by atoms with Crippen LogP contribution < -0.4 is 14.4 Å². The Kier molecular flexibility index (Phi) is 17.2. The molecule has 1 aliphatic heterocycles. The number of benzene rings is 2. The van der Waals surface area contributed by atoms with Gasteiger partial charge in [-0.15, -0.1) is 0 Å². The number of aryl methyl sites for hydroxylation is 1. The van der Waals surface area contributed by atoms with E-state index in [2.05, 4.69) is 46.9 Å². The predicted octanol–water partition coefficient (Wildman–Crippen LogP) is 6.06. The number of carbonyl (C=O) groups excluding carboxylic acids is 2. The smallest absolute Gasteiger partial charge is 0.219 e. The van der Waals surface area contributed by atoms with E-state index in [1.54, 1.807) is 25.9 Å². The second-order valence-corrected chi connectivity index (χ2v) is 15.3. The Labute approximate surface area is 306 Å². The molecule has 0 spiro atoms. The van der Waals surface area contributed by atoms with Crippen LogP contribution in [0.15, 0.2) is 48.6 Å². The molecule has 2 aromatic rings. The van der Waals surface area contributed by atoms with Crippen LogP contribution in [0, 0.1) is 11.8 Å². The van der Waals surface area contributed by atoms with E-state index in [1.807, 2.05) is 39.3 Å². The van der Waals surface area contributed by atoms with Crippen molar-refractivity contribution in [1.82, 2.24) is 13.9 Å². The van der Waals surface area contributed by atoms with E-state index in [-0.39, 0.29) is 17.9 Å². The van der Waals surface area contributed by atoms with Crippen molar-refractivity contribution < 1.29 is 28.4 Å². The van der Waals surface area contributed by atoms with E-state index in [4.69, 9.17) is 21.1 Å². The van der Waals surface area contributed by atoms with E-state index in [0.717, 1.165) is 80.2 Å². The number of aliphatic hydroxyl groups is 1. The fourth-order valence-corrected chi connectivity index (χ4v) is 6.99. The van der Waals surface area contributed by atoms with Crippen LogP contribution in [0.2, 0.25) is 5.02 Å². The third-order valence-electron chi connectivity index (χ3n) is 9.58. The maximum absolute atomic E-state index is 11.5. The van der Waals surface area contributed by atoms with Crippen molar-refractivity contribution in [1.29, 1.82) is 0 Å². The van der Waals surface area contributed by atoms with E-state index < -0.39 is 17.3 Å². The summed E-state index contributed by atoms with van der Waals surface area (Å²) in [5, 5.41) is 11.2. The SMILES string of the molecule is CCCc1cc(Cl)ccc1C1COc2ccc(C(C)O)cc2N(CC2CCC2C(/C=C/CCCN(C)C(C)=O)OC)C1.CN(C)S(=O)NC=O. The highest BCUT2D eigenvalue weighted by atomic mass is 35.5. The van der Waals surface area contributed by atoms with Gasteiger partial charge in [-0.05, 0) is 91.8 Å². The van der Waals surface area contributed by atoms with Gasteiger partial charge in [0.15, 0.2) is 11.2 Å². The van der Waals surface area contributed by atoms with Gasteiger partial charge in [0, 0.05) is 65.8 Å². The third kappa shape index (κ3) is 12.1. The molecule has 1 heterocycles. The van der Waals surface area contributed by atoms with Gasteiger partial charge in [0.25, 0.3) is 0 Å². The number of hydrogen-bond donors (Lipinski definition) is 2. The number of fused-ring (bicyclic) bond motifs is 1. The van der Waals surface area contributed by atoms with Crippen LogP contribution in [0.5, 0.6) is 5.75 Å². The number of methoxy groups -OCH3 is 1. The largest absolute Gasteiger partial charge is 0.491 e. The molecule has 0 saturated heterocycles. The molecule has 1 fully saturated rings. The Bertz CT molecular complexity index is 1440. The van der Waals surface area contributed by atoms with E-state index in [9.17, 15) is 18.9 Å². The highest BCUT2D eigenvalue weighted by molar-refractivity contribution is 7.81. The fourth-order valence-electron chi connectivity index (χ4n) is 6.50. The zero-order chi connectivity index (χ0) is 36.8. The van der Waals surface area contributed by atoms with Crippen LogP contribution in [0.4, 0.5) is 5.69 Å². The Hall–Kier alpha value is -2.96. The van der Waals surface area contributed by atoms with Crippen molar-refractivity contribution in [3.63, 3.8) is 0 Å². The van der Waals surface area contributed by atoms with Crippen LogP contribution in [0.3, 0.4) is 0 Å². The van der Waals surface area contributed by atoms with Crippen LogP contribution in [-0.2, 0) is 31.9 Å². The van der Waals surface area contributed by atoms with Crippen molar-refractivity contribution in [3.8, 4) is 5.75 Å². The van der Waals surface area contributed by atoms with Gasteiger partial charge in [0.1, 0.15) is 5.75 Å². The number of anilines is 1. The van der Waals surface area contributed by atoms with Gasteiger partial charge in [0.2, 0.25) is 12.3 Å². The molecule has 4 rings (SSSR count). The van der Waals surface area contributed by atoms with Gasteiger partial charge >= 0.3 is 0 Å². The van der Waals surface area contributed by atoms with E-state index >= 15 is 0 Å². The van der Waals surface area contributed by atoms with Gasteiger partial charge < -0.3 is 24.4 Å². The van der Waals surface area contributed by atoms with Gasteiger partial charge in [0.05, 0.1) is 24.5 Å². The molecule has 12 heteroatoms. The summed E-state index contributed by atoms with van der Waals surface area (Å²) < 4.78 is 26.3. The first-order chi connectivity index (χ1) is 23.9. The first kappa shape index (κ1) is 41.5. The first-order valence-electron chi connectivity index (χ1n) is 17.6. The highest BCUT2D eigenvalue weighted by Crippen LogP contribution is 2.43. The normalized spacial score (nSPS) is 20.4. The topological polar surface area (TPSA) is 112 Å². The minimum Gasteiger partial charge on any atom is -0.491 e. The molecular formula is C38H57ClN4O6S. The lowest BCUT2D eigenvalue weighted by Gasteiger charge is -2.43. The summed E-state index contributed by atoms with van der Waals surface area (Å²) in [7, 11) is 6.87. The Morgan fingerprint density at radius 1 is 1.22 bits per heavy atom. The van der Waals surface area contributed by atoms with Crippen LogP contribution in [0.1, 0.15) is 81.6 Å². The number of carbonyl (C=O) groups is 2. The zero-order valence-electron chi connectivity index (χ0n) is 30.8. The highest BCUT2D eigenvalue weighted by Gasteiger charge is 2.38. The maximum Gasteiger partial charge on any atom is 0.219 e. The van der Waals surface area contributed by atoms with Gasteiger partial charge in [-0.3, -0.25) is 14.3 Å². The van der Waals surface area contributed by atoms with Crippen molar-refractivity contribution in [2.45, 2.75) is 77.4 Å². The number of allylic oxidation sites excluding steroid dienone is 1. The lowest BCUT2D eigenvalue weighted by molar-refractivity contribution is -0.127. The quantitative estimate of drug-likeness (QED) is 0.123. The number of hydrogen-bond acceptors (Lipinski definition) is 7. The standard InChI is InChI=1S/C35H49ClN2O4.C3H8N2O2S/c1-6-10-27-19-30(36)14-16-31(27)29-22-38(33-20-26(24(2)39)13-17-35(33)42-23-29)21-28-12-15-32(28)34(41-5)11-8-7-9-18-37(4)25(3)40;1-5(2)8(7)4-3-6/h8,11,13-14,16-17,19-20,24,28-29,32,34,39H,6-7,9-10,12,15,18,21-23H2,1-5H3;3H,1-2H3,(H,4,6)/b11-8+;. The molecule has 2 N–H and O–H groups in total. The molecular weight excluding hydrogens is 676 g/mol. The van der Waals surface area contributed by atoms with Gasteiger partial charge in [-0.1, -0.05) is 49.2 Å². The molecule has 0 bridgehead atoms. The van der Waals surface area contributed by atoms with Crippen LogP contribution in [-0.4, -0.2) is 91.4 Å². The summed E-state index contributed by atoms with van der Waals surface area (Å²) >= 11 is 5.05. The lowest BCUT2D eigenvalue weighted by atomic mass is 9.70. The molecule has 0 radical (unpaired) electrons. The average Bonchev–Trinajstić information content (AvgIpc) is 3.25. The molecule has 1 saturated carbocycles. The van der Waals surface area contributed by atoms with E-state index in [0.29, 0.717) is 24.9 Å². The van der Waals surface area contributed by atoms with E-state index in [1.165, 1.54) is 15.4 Å².